The molecule has 2 aromatic rings. The molecule has 4 heterocycles. The zero-order chi connectivity index (χ0) is 21.9. The summed E-state index contributed by atoms with van der Waals surface area (Å²) in [6.45, 7) is 0.454. The second-order valence-corrected chi connectivity index (χ2v) is 9.96. The number of ether oxygens (including phenoxy) is 1. The van der Waals surface area contributed by atoms with Crippen molar-refractivity contribution in [1.29, 1.82) is 0 Å². The lowest BCUT2D eigenvalue weighted by atomic mass is 9.63. The van der Waals surface area contributed by atoms with Gasteiger partial charge in [0.25, 0.3) is 10.0 Å². The van der Waals surface area contributed by atoms with Gasteiger partial charge in [-0.15, -0.1) is 4.40 Å². The molecule has 10 heteroatoms. The van der Waals surface area contributed by atoms with Gasteiger partial charge in [-0.05, 0) is 49.4 Å². The van der Waals surface area contributed by atoms with Gasteiger partial charge in [0.05, 0.1) is 17.4 Å². The average Bonchev–Trinajstić information content (AvgIpc) is 2.74. The average molecular weight is 451 g/mol. The third-order valence-electron chi connectivity index (χ3n) is 6.49. The fourth-order valence-electron chi connectivity index (χ4n) is 4.98. The first-order chi connectivity index (χ1) is 14.7. The van der Waals surface area contributed by atoms with Gasteiger partial charge >= 0.3 is 6.18 Å². The van der Waals surface area contributed by atoms with Crippen molar-refractivity contribution < 1.29 is 26.3 Å². The number of alkyl halides is 3. The van der Waals surface area contributed by atoms with E-state index in [9.17, 15) is 21.6 Å². The highest BCUT2D eigenvalue weighted by Crippen LogP contribution is 2.49. The number of sulfonamides is 1. The second-order valence-electron chi connectivity index (χ2n) is 8.20. The minimum absolute atomic E-state index is 0.0303. The van der Waals surface area contributed by atoms with Gasteiger partial charge in [-0.2, -0.15) is 13.2 Å². The van der Waals surface area contributed by atoms with E-state index in [1.54, 1.807) is 24.3 Å². The SMILES string of the molecule is O=S1(=O)CCN2C(=N1)C1(c3ccc(Oc4cnccc4C(F)(F)F)cc3)CCC2CC1. The van der Waals surface area contributed by atoms with Crippen LogP contribution in [0.3, 0.4) is 0 Å². The molecule has 1 aromatic carbocycles. The lowest BCUT2D eigenvalue weighted by Gasteiger charge is -2.55. The molecule has 0 radical (unpaired) electrons. The number of hydrogen-bond donors (Lipinski definition) is 0. The van der Waals surface area contributed by atoms with E-state index in [0.717, 1.165) is 49.7 Å². The number of hydrogen-bond acceptors (Lipinski definition) is 5. The van der Waals surface area contributed by atoms with Crippen molar-refractivity contribution in [3.8, 4) is 11.5 Å². The summed E-state index contributed by atoms with van der Waals surface area (Å²) < 4.78 is 73.6. The summed E-state index contributed by atoms with van der Waals surface area (Å²) in [5.74, 6) is 0.524. The molecular weight excluding hydrogens is 431 g/mol. The Bertz CT molecular complexity index is 1140. The molecule has 6 nitrogen and oxygen atoms in total. The van der Waals surface area contributed by atoms with Gasteiger partial charge in [0.1, 0.15) is 17.1 Å². The Morgan fingerprint density at radius 1 is 1.10 bits per heavy atom. The molecule has 0 N–H and O–H groups in total. The van der Waals surface area contributed by atoms with Crippen LogP contribution in [0.2, 0.25) is 0 Å². The van der Waals surface area contributed by atoms with Crippen molar-refractivity contribution in [2.24, 2.45) is 4.40 Å². The van der Waals surface area contributed by atoms with E-state index in [-0.39, 0.29) is 17.3 Å². The summed E-state index contributed by atoms with van der Waals surface area (Å²) in [6.07, 6.45) is 1.07. The fourth-order valence-corrected chi connectivity index (χ4v) is 6.04. The van der Waals surface area contributed by atoms with E-state index in [1.165, 1.54) is 0 Å². The quantitative estimate of drug-likeness (QED) is 0.702. The predicted octanol–water partition coefficient (Wildman–Crippen LogP) is 4.13. The Balaban J connectivity index is 1.47. The highest BCUT2D eigenvalue weighted by molar-refractivity contribution is 7.90. The Morgan fingerprint density at radius 3 is 2.48 bits per heavy atom. The van der Waals surface area contributed by atoms with Crippen LogP contribution >= 0.6 is 0 Å². The normalized spacial score (nSPS) is 26.9. The Kier molecular flexibility index (Phi) is 4.55. The number of nitrogens with zero attached hydrogens (tertiary/aromatic N) is 3. The highest BCUT2D eigenvalue weighted by atomic mass is 32.2. The number of fused-ring (bicyclic) bond motifs is 2. The van der Waals surface area contributed by atoms with Gasteiger partial charge in [0, 0.05) is 18.8 Å². The molecule has 1 saturated carbocycles. The molecule has 0 unspecified atom stereocenters. The number of amidine groups is 1. The summed E-state index contributed by atoms with van der Waals surface area (Å²) in [5.41, 5.74) is -0.485. The first kappa shape index (κ1) is 20.3. The number of piperidine rings is 2. The number of pyridine rings is 1. The second kappa shape index (κ2) is 6.94. The minimum atomic E-state index is -4.55. The largest absolute Gasteiger partial charge is 0.455 e. The molecule has 164 valence electrons. The first-order valence-corrected chi connectivity index (χ1v) is 11.7. The maximum atomic E-state index is 13.2. The molecule has 31 heavy (non-hydrogen) atoms. The smallest absolute Gasteiger partial charge is 0.420 e. The van der Waals surface area contributed by atoms with E-state index in [1.807, 2.05) is 0 Å². The number of benzene rings is 1. The molecule has 0 amide bonds. The summed E-state index contributed by atoms with van der Waals surface area (Å²) >= 11 is 0. The van der Waals surface area contributed by atoms with E-state index < -0.39 is 27.2 Å². The zero-order valence-electron chi connectivity index (χ0n) is 16.5. The molecule has 2 saturated heterocycles. The number of halogens is 3. The fraction of sp³-hybridized carbons (Fsp3) is 0.429. The molecule has 3 aliphatic heterocycles. The van der Waals surface area contributed by atoms with Crippen LogP contribution in [0.5, 0.6) is 11.5 Å². The zero-order valence-corrected chi connectivity index (χ0v) is 17.3. The lowest BCUT2D eigenvalue weighted by molar-refractivity contribution is -0.138. The van der Waals surface area contributed by atoms with Gasteiger partial charge in [-0.25, -0.2) is 8.42 Å². The summed E-state index contributed by atoms with van der Waals surface area (Å²) in [7, 11) is -3.48. The van der Waals surface area contributed by atoms with Crippen LogP contribution in [0, 0.1) is 0 Å². The molecule has 0 atom stereocenters. The third-order valence-corrected chi connectivity index (χ3v) is 7.64. The van der Waals surface area contributed by atoms with Crippen LogP contribution in [-0.2, 0) is 21.6 Å². The molecule has 3 fully saturated rings. The van der Waals surface area contributed by atoms with Gasteiger partial charge < -0.3 is 9.64 Å². The lowest BCUT2D eigenvalue weighted by Crippen LogP contribution is -2.62. The van der Waals surface area contributed by atoms with Crippen molar-refractivity contribution >= 4 is 15.9 Å². The third kappa shape index (κ3) is 3.46. The number of rotatable bonds is 3. The number of aromatic nitrogens is 1. The van der Waals surface area contributed by atoms with E-state index in [2.05, 4.69) is 14.3 Å². The van der Waals surface area contributed by atoms with E-state index in [0.29, 0.717) is 18.4 Å². The monoisotopic (exact) mass is 451 g/mol. The van der Waals surface area contributed by atoms with Crippen LogP contribution in [-0.4, -0.2) is 42.5 Å². The van der Waals surface area contributed by atoms with E-state index in [4.69, 9.17) is 4.74 Å². The van der Waals surface area contributed by atoms with Gasteiger partial charge in [-0.1, -0.05) is 12.1 Å². The molecule has 1 aliphatic carbocycles. The highest BCUT2D eigenvalue weighted by Gasteiger charge is 2.52. The molecule has 6 rings (SSSR count). The molecule has 1 aromatic heterocycles. The maximum absolute atomic E-state index is 13.2. The Hall–Kier alpha value is -2.62. The van der Waals surface area contributed by atoms with Crippen molar-refractivity contribution in [2.75, 3.05) is 12.3 Å². The summed E-state index contributed by atoms with van der Waals surface area (Å²) in [5, 5.41) is 0. The Labute approximate surface area is 177 Å². The van der Waals surface area contributed by atoms with Gasteiger partial charge in [0.2, 0.25) is 0 Å². The maximum Gasteiger partial charge on any atom is 0.420 e. The Morgan fingerprint density at radius 2 is 1.81 bits per heavy atom. The van der Waals surface area contributed by atoms with Crippen LogP contribution in [0.15, 0.2) is 47.1 Å². The molecule has 2 bridgehead atoms. The minimum Gasteiger partial charge on any atom is -0.455 e. The van der Waals surface area contributed by atoms with Crippen molar-refractivity contribution in [2.45, 2.75) is 43.3 Å². The molecular formula is C21H20F3N3O3S. The topological polar surface area (TPSA) is 71.9 Å². The van der Waals surface area contributed by atoms with Crippen molar-refractivity contribution in [3.05, 3.63) is 53.9 Å². The van der Waals surface area contributed by atoms with Crippen LogP contribution in [0.4, 0.5) is 13.2 Å². The van der Waals surface area contributed by atoms with Crippen LogP contribution < -0.4 is 4.74 Å². The van der Waals surface area contributed by atoms with Crippen LogP contribution in [0.25, 0.3) is 0 Å². The van der Waals surface area contributed by atoms with Gasteiger partial charge in [0.15, 0.2) is 5.75 Å². The molecule has 4 aliphatic rings. The predicted molar refractivity (Wildman–Crippen MR) is 108 cm³/mol. The standard InChI is InChI=1S/C21H20F3N3O3S/c22-21(23,24)17-7-10-25-13-18(17)30-16-3-1-14(2-4-16)20-8-5-15(6-9-20)27-11-12-31(28,29)26-19(20)27/h1-4,7,10,13,15H,5-6,8-9,11-12H2. The van der Waals surface area contributed by atoms with Crippen molar-refractivity contribution in [1.82, 2.24) is 9.88 Å². The molecule has 0 spiro atoms. The van der Waals surface area contributed by atoms with E-state index >= 15 is 0 Å². The van der Waals surface area contributed by atoms with Crippen LogP contribution in [0.1, 0.15) is 36.8 Å². The van der Waals surface area contributed by atoms with Crippen molar-refractivity contribution in [3.63, 3.8) is 0 Å². The summed E-state index contributed by atoms with van der Waals surface area (Å²) in [4.78, 5) is 5.86. The van der Waals surface area contributed by atoms with Gasteiger partial charge in [-0.3, -0.25) is 4.98 Å². The summed E-state index contributed by atoms with van der Waals surface area (Å²) in [6, 6.07) is 8.02. The first-order valence-electron chi connectivity index (χ1n) is 10.1.